The van der Waals surface area contributed by atoms with Gasteiger partial charge >= 0.3 is 5.97 Å². The third-order valence-electron chi connectivity index (χ3n) is 2.52. The fourth-order valence-electron chi connectivity index (χ4n) is 1.51. The summed E-state index contributed by atoms with van der Waals surface area (Å²) in [6.45, 7) is 1.92. The molecule has 2 unspecified atom stereocenters. The molecule has 0 radical (unpaired) electrons. The molecule has 1 N–H and O–H groups in total. The number of para-hydroxylation sites is 2. The molecule has 0 saturated heterocycles. The molecule has 1 aromatic rings. The molecule has 0 heterocycles. The van der Waals surface area contributed by atoms with Crippen molar-refractivity contribution in [3.05, 3.63) is 24.3 Å². The minimum Gasteiger partial charge on any atom is -0.493 e. The van der Waals surface area contributed by atoms with Crippen molar-refractivity contribution < 1.29 is 23.6 Å². The average Bonchev–Trinajstić information content (AvgIpc) is 2.38. The van der Waals surface area contributed by atoms with Gasteiger partial charge in [-0.2, -0.15) is 0 Å². The lowest BCUT2D eigenvalue weighted by Crippen LogP contribution is -2.21. The van der Waals surface area contributed by atoms with E-state index < -0.39 is 16.8 Å². The van der Waals surface area contributed by atoms with Gasteiger partial charge in [-0.25, -0.2) is 0 Å². The Morgan fingerprint density at radius 1 is 1.37 bits per heavy atom. The zero-order valence-electron chi connectivity index (χ0n) is 11.0. The third-order valence-corrected chi connectivity index (χ3v) is 4.16. The van der Waals surface area contributed by atoms with Gasteiger partial charge in [-0.3, -0.25) is 9.00 Å². The molecular weight excluding hydrogens is 268 g/mol. The Kier molecular flexibility index (Phi) is 6.35. The second-order valence-electron chi connectivity index (χ2n) is 3.99. The first-order valence-corrected chi connectivity index (χ1v) is 7.27. The van der Waals surface area contributed by atoms with Crippen molar-refractivity contribution in [3.8, 4) is 11.5 Å². The van der Waals surface area contributed by atoms with Gasteiger partial charge in [0, 0.05) is 16.0 Å². The molecule has 0 amide bonds. The van der Waals surface area contributed by atoms with Crippen LogP contribution >= 0.6 is 0 Å². The van der Waals surface area contributed by atoms with Crippen LogP contribution in [0.15, 0.2) is 24.3 Å². The van der Waals surface area contributed by atoms with E-state index in [0.29, 0.717) is 17.3 Å². The van der Waals surface area contributed by atoms with Crippen LogP contribution in [0.25, 0.3) is 0 Å². The zero-order valence-corrected chi connectivity index (χ0v) is 11.8. The van der Waals surface area contributed by atoms with Crippen LogP contribution in [0, 0.1) is 0 Å². The molecule has 0 saturated carbocycles. The molecule has 5 nitrogen and oxygen atoms in total. The quantitative estimate of drug-likeness (QED) is 0.787. The molecule has 0 aliphatic rings. The van der Waals surface area contributed by atoms with Gasteiger partial charge in [0.2, 0.25) is 0 Å². The highest BCUT2D eigenvalue weighted by Gasteiger charge is 2.15. The van der Waals surface area contributed by atoms with Crippen molar-refractivity contribution in [2.24, 2.45) is 0 Å². The highest BCUT2D eigenvalue weighted by molar-refractivity contribution is 7.85. The topological polar surface area (TPSA) is 72.8 Å². The molecular formula is C13H18O5S. The first kappa shape index (κ1) is 15.5. The lowest BCUT2D eigenvalue weighted by Gasteiger charge is -2.12. The summed E-state index contributed by atoms with van der Waals surface area (Å²) >= 11 is 0. The van der Waals surface area contributed by atoms with E-state index in [9.17, 15) is 9.00 Å². The maximum Gasteiger partial charge on any atom is 0.304 e. The maximum absolute atomic E-state index is 11.8. The summed E-state index contributed by atoms with van der Waals surface area (Å²) in [6.07, 6.45) is -0.0960. The van der Waals surface area contributed by atoms with Gasteiger partial charge in [0.1, 0.15) is 0 Å². The van der Waals surface area contributed by atoms with E-state index in [2.05, 4.69) is 0 Å². The van der Waals surface area contributed by atoms with Crippen LogP contribution < -0.4 is 9.47 Å². The van der Waals surface area contributed by atoms with Crippen molar-refractivity contribution in [1.82, 2.24) is 0 Å². The van der Waals surface area contributed by atoms with Crippen LogP contribution in [-0.4, -0.2) is 40.0 Å². The Bertz CT molecular complexity index is 446. The third kappa shape index (κ3) is 5.30. The van der Waals surface area contributed by atoms with Gasteiger partial charge in [0.05, 0.1) is 25.9 Å². The zero-order chi connectivity index (χ0) is 14.3. The second kappa shape index (κ2) is 7.78. The Balaban J connectivity index is 2.41. The van der Waals surface area contributed by atoms with E-state index in [1.165, 1.54) is 0 Å². The minimum atomic E-state index is -1.21. The molecule has 19 heavy (non-hydrogen) atoms. The van der Waals surface area contributed by atoms with Gasteiger partial charge in [-0.05, 0) is 12.1 Å². The van der Waals surface area contributed by atoms with E-state index in [-0.39, 0.29) is 18.3 Å². The van der Waals surface area contributed by atoms with Crippen molar-refractivity contribution in [1.29, 1.82) is 0 Å². The summed E-state index contributed by atoms with van der Waals surface area (Å²) in [5.41, 5.74) is 0. The summed E-state index contributed by atoms with van der Waals surface area (Å²) in [7, 11) is 0.337. The predicted molar refractivity (Wildman–Crippen MR) is 73.2 cm³/mol. The first-order chi connectivity index (χ1) is 9.04. The van der Waals surface area contributed by atoms with E-state index in [4.69, 9.17) is 14.6 Å². The molecule has 1 rings (SSSR count). The lowest BCUT2D eigenvalue weighted by molar-refractivity contribution is -0.136. The van der Waals surface area contributed by atoms with Gasteiger partial charge in [-0.1, -0.05) is 19.1 Å². The van der Waals surface area contributed by atoms with Crippen molar-refractivity contribution in [2.45, 2.75) is 18.6 Å². The number of carbonyl (C=O) groups is 1. The van der Waals surface area contributed by atoms with Gasteiger partial charge in [0.15, 0.2) is 11.5 Å². The van der Waals surface area contributed by atoms with Crippen LogP contribution in [0.3, 0.4) is 0 Å². The Labute approximate surface area is 115 Å². The summed E-state index contributed by atoms with van der Waals surface area (Å²) in [6, 6.07) is 7.20. The van der Waals surface area contributed by atoms with Gasteiger partial charge in [0.25, 0.3) is 0 Å². The SMILES string of the molecule is COc1ccccc1OCCS(=O)C(C)CC(=O)O. The number of hydrogen-bond donors (Lipinski definition) is 1. The Morgan fingerprint density at radius 3 is 2.58 bits per heavy atom. The maximum atomic E-state index is 11.8. The number of carboxylic acids is 1. The monoisotopic (exact) mass is 286 g/mol. The highest BCUT2D eigenvalue weighted by Crippen LogP contribution is 2.25. The number of carboxylic acid groups (broad SMARTS) is 1. The number of rotatable bonds is 8. The molecule has 0 aromatic heterocycles. The first-order valence-electron chi connectivity index (χ1n) is 5.89. The fraction of sp³-hybridized carbons (Fsp3) is 0.462. The lowest BCUT2D eigenvalue weighted by atomic mass is 10.3. The minimum absolute atomic E-state index is 0.0960. The highest BCUT2D eigenvalue weighted by atomic mass is 32.2. The molecule has 2 atom stereocenters. The largest absolute Gasteiger partial charge is 0.493 e. The molecule has 1 aromatic carbocycles. The summed E-state index contributed by atoms with van der Waals surface area (Å²) in [4.78, 5) is 10.5. The normalized spacial score (nSPS) is 13.6. The molecule has 0 aliphatic heterocycles. The Hall–Kier alpha value is -1.56. The molecule has 6 heteroatoms. The fourth-order valence-corrected chi connectivity index (χ4v) is 2.49. The Morgan fingerprint density at radius 2 is 2.00 bits per heavy atom. The van der Waals surface area contributed by atoms with Gasteiger partial charge in [-0.15, -0.1) is 0 Å². The number of benzene rings is 1. The summed E-state index contributed by atoms with van der Waals surface area (Å²) in [5.74, 6) is 0.568. The van der Waals surface area contributed by atoms with Crippen molar-refractivity contribution in [3.63, 3.8) is 0 Å². The van der Waals surface area contributed by atoms with Crippen LogP contribution in [0.4, 0.5) is 0 Å². The van der Waals surface area contributed by atoms with Crippen LogP contribution in [-0.2, 0) is 15.6 Å². The van der Waals surface area contributed by atoms with E-state index in [0.717, 1.165) is 0 Å². The number of aliphatic carboxylic acids is 1. The van der Waals surface area contributed by atoms with Gasteiger partial charge < -0.3 is 14.6 Å². The van der Waals surface area contributed by atoms with Crippen LogP contribution in [0.5, 0.6) is 11.5 Å². The second-order valence-corrected chi connectivity index (χ2v) is 5.97. The smallest absolute Gasteiger partial charge is 0.304 e. The number of methoxy groups -OCH3 is 1. The molecule has 106 valence electrons. The van der Waals surface area contributed by atoms with Crippen molar-refractivity contribution >= 4 is 16.8 Å². The average molecular weight is 286 g/mol. The molecule has 0 bridgehead atoms. The van der Waals surface area contributed by atoms with E-state index in [1.54, 1.807) is 26.2 Å². The van der Waals surface area contributed by atoms with E-state index in [1.807, 2.05) is 12.1 Å². The standard InChI is InChI=1S/C13H18O5S/c1-10(9-13(14)15)19(16)8-7-18-12-6-4-3-5-11(12)17-2/h3-6,10H,7-9H2,1-2H3,(H,14,15). The number of ether oxygens (including phenoxy) is 2. The van der Waals surface area contributed by atoms with Crippen LogP contribution in [0.1, 0.15) is 13.3 Å². The van der Waals surface area contributed by atoms with E-state index >= 15 is 0 Å². The summed E-state index contributed by atoms with van der Waals surface area (Å²) in [5, 5.41) is 8.25. The molecule has 0 aliphatic carbocycles. The molecule has 0 fully saturated rings. The molecule has 0 spiro atoms. The van der Waals surface area contributed by atoms with Crippen molar-refractivity contribution in [2.75, 3.05) is 19.5 Å². The summed E-state index contributed by atoms with van der Waals surface area (Å²) < 4.78 is 22.4. The predicted octanol–water partition coefficient (Wildman–Crippen LogP) is 1.69. The number of hydrogen-bond acceptors (Lipinski definition) is 4. The van der Waals surface area contributed by atoms with Crippen LogP contribution in [0.2, 0.25) is 0 Å².